The molecular weight excluding hydrogens is 418 g/mol. The predicted octanol–water partition coefficient (Wildman–Crippen LogP) is 6.71. The third-order valence-electron chi connectivity index (χ3n) is 7.55. The van der Waals surface area contributed by atoms with Gasteiger partial charge in [-0.15, -0.1) is 0 Å². The molecule has 2 aliphatic heterocycles. The van der Waals surface area contributed by atoms with Gasteiger partial charge in [0, 0.05) is 50.3 Å². The fourth-order valence-electron chi connectivity index (χ4n) is 5.10. The van der Waals surface area contributed by atoms with Gasteiger partial charge in [0.05, 0.1) is 11.9 Å². The number of allylic oxidation sites excluding steroid dienone is 4. The highest BCUT2D eigenvalue weighted by molar-refractivity contribution is 6.01. The van der Waals surface area contributed by atoms with Crippen LogP contribution >= 0.6 is 0 Å². The maximum absolute atomic E-state index is 5.21. The molecule has 0 aromatic rings. The van der Waals surface area contributed by atoms with Crippen LogP contribution < -0.4 is 0 Å². The van der Waals surface area contributed by atoms with Crippen molar-refractivity contribution in [3.63, 3.8) is 0 Å². The summed E-state index contributed by atoms with van der Waals surface area (Å²) in [5.74, 6) is 1.82. The highest BCUT2D eigenvalue weighted by Crippen LogP contribution is 2.34. The molecule has 0 N–H and O–H groups in total. The molecule has 34 heavy (non-hydrogen) atoms. The Bertz CT molecular complexity index is 811. The largest absolute Gasteiger partial charge is 0.372 e. The number of hydrogen-bond acceptors (Lipinski definition) is 5. The van der Waals surface area contributed by atoms with E-state index in [1.165, 1.54) is 17.7 Å². The maximum atomic E-state index is 5.21. The van der Waals surface area contributed by atoms with Gasteiger partial charge in [-0.05, 0) is 76.4 Å². The summed E-state index contributed by atoms with van der Waals surface area (Å²) >= 11 is 0. The molecule has 2 rings (SSSR count). The Kier molecular flexibility index (Phi) is 10.6. The second-order valence-electron chi connectivity index (χ2n) is 11.0. The van der Waals surface area contributed by atoms with E-state index in [-0.39, 0.29) is 6.17 Å². The molecule has 0 spiro atoms. The minimum atomic E-state index is 0.215. The first-order valence-electron chi connectivity index (χ1n) is 13.5. The maximum Gasteiger partial charge on any atom is 0.152 e. The Balaban J connectivity index is 2.24. The molecule has 1 saturated heterocycles. The summed E-state index contributed by atoms with van der Waals surface area (Å²) in [5, 5.41) is 0. The van der Waals surface area contributed by atoms with Crippen LogP contribution in [0, 0.1) is 11.3 Å². The molecule has 2 heterocycles. The summed E-state index contributed by atoms with van der Waals surface area (Å²) in [6, 6.07) is 0. The van der Waals surface area contributed by atoms with Crippen molar-refractivity contribution >= 4 is 11.9 Å². The van der Waals surface area contributed by atoms with Crippen molar-refractivity contribution in [2.24, 2.45) is 21.3 Å². The Hall–Kier alpha value is -1.88. The van der Waals surface area contributed by atoms with Crippen molar-refractivity contribution in [1.82, 2.24) is 14.7 Å². The topological polar surface area (TPSA) is 34.4 Å². The van der Waals surface area contributed by atoms with E-state index in [2.05, 4.69) is 89.7 Å². The molecule has 192 valence electrons. The Morgan fingerprint density at radius 1 is 1.15 bits per heavy atom. The van der Waals surface area contributed by atoms with Gasteiger partial charge in [0.15, 0.2) is 5.82 Å². The number of aliphatic imine (C=N–C) groups is 2. The first-order valence-corrected chi connectivity index (χ1v) is 13.5. The average Bonchev–Trinajstić information content (AvgIpc) is 3.22. The van der Waals surface area contributed by atoms with Gasteiger partial charge in [-0.2, -0.15) is 0 Å². The van der Waals surface area contributed by atoms with E-state index in [4.69, 9.17) is 9.98 Å². The molecule has 0 amide bonds. The zero-order valence-electron chi connectivity index (χ0n) is 23.6. The predicted molar refractivity (Wildman–Crippen MR) is 149 cm³/mol. The average molecular weight is 470 g/mol. The minimum Gasteiger partial charge on any atom is -0.372 e. The van der Waals surface area contributed by atoms with E-state index in [9.17, 15) is 0 Å². The van der Waals surface area contributed by atoms with Crippen LogP contribution in [0.3, 0.4) is 0 Å². The molecule has 0 saturated carbocycles. The van der Waals surface area contributed by atoms with Gasteiger partial charge in [-0.3, -0.25) is 9.89 Å². The summed E-state index contributed by atoms with van der Waals surface area (Å²) in [5.41, 5.74) is 5.06. The Labute approximate surface area is 210 Å². The zero-order valence-corrected chi connectivity index (χ0v) is 23.6. The molecule has 0 radical (unpaired) electrons. The number of nitrogens with zero attached hydrogens (tertiary/aromatic N) is 5. The van der Waals surface area contributed by atoms with Crippen LogP contribution in [-0.4, -0.2) is 65.5 Å². The van der Waals surface area contributed by atoms with Crippen molar-refractivity contribution < 1.29 is 0 Å². The quantitative estimate of drug-likeness (QED) is 0.352. The van der Waals surface area contributed by atoms with Crippen LogP contribution in [0.4, 0.5) is 0 Å². The zero-order chi connectivity index (χ0) is 25.5. The van der Waals surface area contributed by atoms with E-state index in [0.29, 0.717) is 5.41 Å². The van der Waals surface area contributed by atoms with Crippen LogP contribution in [0.15, 0.2) is 45.4 Å². The third-order valence-corrected chi connectivity index (χ3v) is 7.55. The Morgan fingerprint density at radius 2 is 1.85 bits per heavy atom. The van der Waals surface area contributed by atoms with Crippen molar-refractivity contribution in [1.29, 1.82) is 0 Å². The molecule has 0 aromatic carbocycles. The molecule has 0 aromatic heterocycles. The minimum absolute atomic E-state index is 0.215. The molecule has 5 nitrogen and oxygen atoms in total. The van der Waals surface area contributed by atoms with E-state index in [1.807, 2.05) is 6.21 Å². The number of likely N-dealkylation sites (tertiary alicyclic amines) is 1. The second kappa shape index (κ2) is 12.7. The molecule has 2 unspecified atom stereocenters. The van der Waals surface area contributed by atoms with Crippen LogP contribution in [0.1, 0.15) is 88.0 Å². The first-order chi connectivity index (χ1) is 16.0. The van der Waals surface area contributed by atoms with Crippen LogP contribution in [0.5, 0.6) is 0 Å². The lowest BCUT2D eigenvalue weighted by molar-refractivity contribution is 0.205. The van der Waals surface area contributed by atoms with E-state index >= 15 is 0 Å². The van der Waals surface area contributed by atoms with E-state index in [1.54, 1.807) is 0 Å². The molecule has 2 atom stereocenters. The highest BCUT2D eigenvalue weighted by atomic mass is 15.3. The van der Waals surface area contributed by atoms with Gasteiger partial charge in [-0.1, -0.05) is 41.2 Å². The first kappa shape index (κ1) is 28.4. The molecule has 5 heteroatoms. The van der Waals surface area contributed by atoms with E-state index < -0.39 is 0 Å². The summed E-state index contributed by atoms with van der Waals surface area (Å²) in [6.07, 6.45) is 8.68. The summed E-state index contributed by atoms with van der Waals surface area (Å²) < 4.78 is 0. The Morgan fingerprint density at radius 3 is 2.38 bits per heavy atom. The fourth-order valence-corrected chi connectivity index (χ4v) is 5.10. The normalized spacial score (nSPS) is 22.7. The molecule has 2 aliphatic rings. The molecule has 0 bridgehead atoms. The van der Waals surface area contributed by atoms with Gasteiger partial charge in [0.1, 0.15) is 0 Å². The van der Waals surface area contributed by atoms with Gasteiger partial charge < -0.3 is 9.80 Å². The number of rotatable bonds is 9. The van der Waals surface area contributed by atoms with Crippen molar-refractivity contribution in [2.75, 3.05) is 32.7 Å². The lowest BCUT2D eigenvalue weighted by Crippen LogP contribution is -2.31. The third kappa shape index (κ3) is 7.31. The van der Waals surface area contributed by atoms with E-state index in [0.717, 1.165) is 75.1 Å². The van der Waals surface area contributed by atoms with Gasteiger partial charge in [-0.25, -0.2) is 4.99 Å². The summed E-state index contributed by atoms with van der Waals surface area (Å²) in [6.45, 7) is 29.8. The standard InChI is InChI=1S/C29H51N5/c1-11-25(15-17-30-24(7)33-20-16-26(21-33)29(8,9)10)23(6)31-28-27(12-2)32(13-3)18-14-19-34(28)22(4)5/h15,17,24,26H,4,11-14,16,18-21H2,1-3,5-10H3/b25-15+,30-17?,31-23?. The summed E-state index contributed by atoms with van der Waals surface area (Å²) in [4.78, 5) is 17.4. The van der Waals surface area contributed by atoms with Gasteiger partial charge >= 0.3 is 0 Å². The molecule has 0 aliphatic carbocycles. The van der Waals surface area contributed by atoms with Crippen molar-refractivity contribution in [3.05, 3.63) is 35.4 Å². The fraction of sp³-hybridized carbons (Fsp3) is 0.724. The van der Waals surface area contributed by atoms with Crippen molar-refractivity contribution in [3.8, 4) is 0 Å². The SMILES string of the molecule is C=C(C)N1CCCN(CC)C(CC)=C1N=C(C)/C(=C/C=NC(C)N1CCC(C(C)(C)C)C1)CC. The van der Waals surface area contributed by atoms with Gasteiger partial charge in [0.2, 0.25) is 0 Å². The smallest absolute Gasteiger partial charge is 0.152 e. The van der Waals surface area contributed by atoms with Crippen LogP contribution in [0.2, 0.25) is 0 Å². The summed E-state index contributed by atoms with van der Waals surface area (Å²) in [7, 11) is 0. The lowest BCUT2D eigenvalue weighted by Gasteiger charge is -2.28. The molecular formula is C29H51N5. The molecule has 1 fully saturated rings. The van der Waals surface area contributed by atoms with Crippen LogP contribution in [0.25, 0.3) is 0 Å². The number of hydrogen-bond donors (Lipinski definition) is 0. The van der Waals surface area contributed by atoms with Crippen LogP contribution in [-0.2, 0) is 0 Å². The monoisotopic (exact) mass is 469 g/mol. The lowest BCUT2D eigenvalue weighted by atomic mass is 9.80. The highest BCUT2D eigenvalue weighted by Gasteiger charge is 2.33. The van der Waals surface area contributed by atoms with Crippen molar-refractivity contribution in [2.45, 2.75) is 94.2 Å². The van der Waals surface area contributed by atoms with Gasteiger partial charge in [0.25, 0.3) is 0 Å². The second-order valence-corrected chi connectivity index (χ2v) is 11.0.